The highest BCUT2D eigenvalue weighted by atomic mass is 32.1. The quantitative estimate of drug-likeness (QED) is 0.747. The maximum absolute atomic E-state index is 10.6. The van der Waals surface area contributed by atoms with Gasteiger partial charge in [-0.1, -0.05) is 0 Å². The van der Waals surface area contributed by atoms with Crippen LogP contribution in [0.4, 0.5) is 0 Å². The van der Waals surface area contributed by atoms with E-state index in [1.807, 2.05) is 16.8 Å². The van der Waals surface area contributed by atoms with Gasteiger partial charge in [0.1, 0.15) is 0 Å². The lowest BCUT2D eigenvalue weighted by molar-refractivity contribution is -0.140. The summed E-state index contributed by atoms with van der Waals surface area (Å²) in [5.41, 5.74) is 0.961. The molecule has 0 saturated carbocycles. The Hall–Kier alpha value is -1.36. The third-order valence-electron chi connectivity index (χ3n) is 1.98. The van der Waals surface area contributed by atoms with E-state index in [1.54, 1.807) is 11.3 Å². The minimum atomic E-state index is -0.244. The van der Waals surface area contributed by atoms with Crippen LogP contribution >= 0.6 is 11.3 Å². The van der Waals surface area contributed by atoms with Gasteiger partial charge in [0, 0.05) is 30.6 Å². The number of hydrogen-bond acceptors (Lipinski definition) is 4. The van der Waals surface area contributed by atoms with E-state index >= 15 is 0 Å². The van der Waals surface area contributed by atoms with E-state index in [2.05, 4.69) is 11.9 Å². The zero-order valence-corrected chi connectivity index (χ0v) is 9.50. The number of carbonyl (C=O) groups is 1. The van der Waals surface area contributed by atoms with Gasteiger partial charge in [0.2, 0.25) is 0 Å². The van der Waals surface area contributed by atoms with E-state index in [1.165, 1.54) is 11.8 Å². The van der Waals surface area contributed by atoms with Gasteiger partial charge >= 0.3 is 5.97 Å². The molecule has 0 amide bonds. The van der Waals surface area contributed by atoms with Crippen LogP contribution in [0.1, 0.15) is 17.5 Å². The number of aryl methyl sites for hydroxylation is 1. The summed E-state index contributed by atoms with van der Waals surface area (Å²) in [6.07, 6.45) is 4.69. The van der Waals surface area contributed by atoms with Crippen molar-refractivity contribution in [1.29, 1.82) is 0 Å². The van der Waals surface area contributed by atoms with E-state index in [4.69, 9.17) is 4.74 Å². The van der Waals surface area contributed by atoms with Gasteiger partial charge in [-0.2, -0.15) is 0 Å². The molecule has 0 aliphatic rings. The molecule has 0 unspecified atom stereocenters. The Bertz CT molecular complexity index is 455. The minimum absolute atomic E-state index is 0.244. The van der Waals surface area contributed by atoms with Crippen LogP contribution < -0.4 is 0 Å². The van der Waals surface area contributed by atoms with Gasteiger partial charge in [-0.3, -0.25) is 9.20 Å². The van der Waals surface area contributed by atoms with Crippen molar-refractivity contribution < 1.29 is 9.53 Å². The fraction of sp³-hybridized carbons (Fsp3) is 0.400. The summed E-state index contributed by atoms with van der Waals surface area (Å²) in [6, 6.07) is 0. The normalized spacial score (nSPS) is 10.8. The second kappa shape index (κ2) is 4.02. The van der Waals surface area contributed by atoms with Gasteiger partial charge < -0.3 is 4.74 Å². The molecule has 15 heavy (non-hydrogen) atoms. The molecule has 0 fully saturated rings. The minimum Gasteiger partial charge on any atom is -0.465 e. The average Bonchev–Trinajstić information content (AvgIpc) is 2.60. The number of imidazole rings is 1. The molecule has 4 nitrogen and oxygen atoms in total. The SMILES string of the molecule is CC(=O)OCCc1cn2cc(C)sc2n1. The molecule has 0 aliphatic heterocycles. The zero-order chi connectivity index (χ0) is 10.8. The summed E-state index contributed by atoms with van der Waals surface area (Å²) in [5.74, 6) is -0.244. The Balaban J connectivity index is 2.02. The van der Waals surface area contributed by atoms with Gasteiger partial charge in [-0.05, 0) is 6.92 Å². The Labute approximate surface area is 91.5 Å². The topological polar surface area (TPSA) is 43.6 Å². The summed E-state index contributed by atoms with van der Waals surface area (Å²) >= 11 is 1.66. The molecule has 2 rings (SSSR count). The van der Waals surface area contributed by atoms with Crippen molar-refractivity contribution in [2.24, 2.45) is 0 Å². The van der Waals surface area contributed by atoms with Crippen molar-refractivity contribution in [1.82, 2.24) is 9.38 Å². The average molecular weight is 224 g/mol. The summed E-state index contributed by atoms with van der Waals surface area (Å²) in [6.45, 7) is 3.87. The van der Waals surface area contributed by atoms with E-state index in [0.29, 0.717) is 13.0 Å². The number of carbonyl (C=O) groups excluding carboxylic acids is 1. The van der Waals surface area contributed by atoms with Crippen molar-refractivity contribution >= 4 is 22.3 Å². The third kappa shape index (κ3) is 2.36. The third-order valence-corrected chi connectivity index (χ3v) is 2.90. The van der Waals surface area contributed by atoms with E-state index in [9.17, 15) is 4.79 Å². The first-order valence-electron chi connectivity index (χ1n) is 4.72. The monoisotopic (exact) mass is 224 g/mol. The molecule has 0 spiro atoms. The highest BCUT2D eigenvalue weighted by Gasteiger charge is 2.04. The Kier molecular flexibility index (Phi) is 2.73. The number of rotatable bonds is 3. The van der Waals surface area contributed by atoms with Crippen molar-refractivity contribution in [2.45, 2.75) is 20.3 Å². The van der Waals surface area contributed by atoms with Crippen molar-refractivity contribution in [3.05, 3.63) is 23.0 Å². The number of thiazole rings is 1. The van der Waals surface area contributed by atoms with Gasteiger partial charge in [0.05, 0.1) is 12.3 Å². The predicted octanol–water partition coefficient (Wildman–Crippen LogP) is 1.81. The molecule has 2 aromatic heterocycles. The van der Waals surface area contributed by atoms with Crippen molar-refractivity contribution in [3.63, 3.8) is 0 Å². The van der Waals surface area contributed by atoms with Crippen LogP contribution in [0.3, 0.4) is 0 Å². The van der Waals surface area contributed by atoms with Crippen LogP contribution in [0.2, 0.25) is 0 Å². The standard InChI is InChI=1S/C10H12N2O2S/c1-7-5-12-6-9(11-10(12)15-7)3-4-14-8(2)13/h5-6H,3-4H2,1-2H3. The first-order chi connectivity index (χ1) is 7.15. The first-order valence-corrected chi connectivity index (χ1v) is 5.54. The van der Waals surface area contributed by atoms with Gasteiger partial charge in [-0.25, -0.2) is 4.98 Å². The fourth-order valence-electron chi connectivity index (χ4n) is 1.38. The molecule has 80 valence electrons. The summed E-state index contributed by atoms with van der Waals surface area (Å²) in [7, 11) is 0. The zero-order valence-electron chi connectivity index (χ0n) is 8.69. The van der Waals surface area contributed by atoms with E-state index in [0.717, 1.165) is 10.7 Å². The Morgan fingerprint density at radius 3 is 3.07 bits per heavy atom. The molecule has 0 saturated heterocycles. The molecule has 2 heterocycles. The maximum Gasteiger partial charge on any atom is 0.302 e. The van der Waals surface area contributed by atoms with Crippen LogP contribution in [0.5, 0.6) is 0 Å². The lowest BCUT2D eigenvalue weighted by atomic mass is 10.3. The molecular formula is C10H12N2O2S. The number of esters is 1. The molecule has 0 N–H and O–H groups in total. The number of nitrogens with zero attached hydrogens (tertiary/aromatic N) is 2. The molecule has 0 atom stereocenters. The maximum atomic E-state index is 10.6. The van der Waals surface area contributed by atoms with Crippen LogP contribution in [0.25, 0.3) is 4.96 Å². The lowest BCUT2D eigenvalue weighted by Crippen LogP contribution is -2.03. The molecular weight excluding hydrogens is 212 g/mol. The number of fused-ring (bicyclic) bond motifs is 1. The van der Waals surface area contributed by atoms with E-state index < -0.39 is 0 Å². The Morgan fingerprint density at radius 2 is 2.40 bits per heavy atom. The second-order valence-electron chi connectivity index (χ2n) is 3.35. The number of aromatic nitrogens is 2. The molecule has 0 aliphatic carbocycles. The summed E-state index contributed by atoms with van der Waals surface area (Å²) in [5, 5.41) is 0. The highest BCUT2D eigenvalue weighted by molar-refractivity contribution is 7.16. The highest BCUT2D eigenvalue weighted by Crippen LogP contribution is 2.16. The predicted molar refractivity (Wildman–Crippen MR) is 58.1 cm³/mol. The first kappa shape index (κ1) is 10.2. The molecule has 0 aromatic carbocycles. The van der Waals surface area contributed by atoms with Crippen LogP contribution in [0, 0.1) is 6.92 Å². The summed E-state index contributed by atoms with van der Waals surface area (Å²) in [4.78, 5) is 17.2. The molecule has 0 bridgehead atoms. The van der Waals surface area contributed by atoms with E-state index in [-0.39, 0.29) is 5.97 Å². The Morgan fingerprint density at radius 1 is 1.60 bits per heavy atom. The smallest absolute Gasteiger partial charge is 0.302 e. The lowest BCUT2D eigenvalue weighted by Gasteiger charge is -1.97. The van der Waals surface area contributed by atoms with Crippen LogP contribution in [-0.4, -0.2) is 22.0 Å². The van der Waals surface area contributed by atoms with Gasteiger partial charge in [0.15, 0.2) is 4.96 Å². The number of hydrogen-bond donors (Lipinski definition) is 0. The van der Waals surface area contributed by atoms with Crippen molar-refractivity contribution in [3.8, 4) is 0 Å². The van der Waals surface area contributed by atoms with Gasteiger partial charge in [0.25, 0.3) is 0 Å². The van der Waals surface area contributed by atoms with Crippen LogP contribution in [0.15, 0.2) is 12.4 Å². The number of ether oxygens (including phenoxy) is 1. The largest absolute Gasteiger partial charge is 0.465 e. The molecule has 0 radical (unpaired) electrons. The molecule has 2 aromatic rings. The van der Waals surface area contributed by atoms with Gasteiger partial charge in [-0.15, -0.1) is 11.3 Å². The second-order valence-corrected chi connectivity index (χ2v) is 4.57. The van der Waals surface area contributed by atoms with Crippen molar-refractivity contribution in [2.75, 3.05) is 6.61 Å². The summed E-state index contributed by atoms with van der Waals surface area (Å²) < 4.78 is 6.86. The van der Waals surface area contributed by atoms with Crippen LogP contribution in [-0.2, 0) is 16.0 Å². The fourth-order valence-corrected chi connectivity index (χ4v) is 2.21. The molecule has 5 heteroatoms.